The second-order valence-electron chi connectivity index (χ2n) is 8.79. The Morgan fingerprint density at radius 2 is 1.84 bits per heavy atom. The summed E-state index contributed by atoms with van der Waals surface area (Å²) < 4.78 is 0. The standard InChI is InChI=1S/C25H29N3O3/c1-16-8-4-7-11-21(16)25(3)23(30)28(24(31)27-25)15-22(29)26-17(2)19-13-12-18-9-5-6-10-20(18)14-19/h4,7-8,11-14,17H,5-6,9-10,15H2,1-3H3,(H,26,29)(H,27,31). The summed E-state index contributed by atoms with van der Waals surface area (Å²) in [5.41, 5.74) is 4.25. The first kappa shape index (κ1) is 21.1. The minimum atomic E-state index is -1.17. The molecule has 1 saturated heterocycles. The summed E-state index contributed by atoms with van der Waals surface area (Å²) >= 11 is 0. The van der Waals surface area contributed by atoms with Crippen molar-refractivity contribution in [1.82, 2.24) is 15.5 Å². The van der Waals surface area contributed by atoms with Crippen LogP contribution >= 0.6 is 0 Å². The van der Waals surface area contributed by atoms with Gasteiger partial charge in [0.05, 0.1) is 6.04 Å². The first-order valence-corrected chi connectivity index (χ1v) is 10.9. The zero-order chi connectivity index (χ0) is 22.2. The predicted molar refractivity (Wildman–Crippen MR) is 118 cm³/mol. The van der Waals surface area contributed by atoms with Crippen LogP contribution in [-0.2, 0) is 28.0 Å². The molecule has 1 fully saturated rings. The molecule has 6 nitrogen and oxygen atoms in total. The molecule has 6 heteroatoms. The van der Waals surface area contributed by atoms with Gasteiger partial charge in [0.15, 0.2) is 0 Å². The summed E-state index contributed by atoms with van der Waals surface area (Å²) in [7, 11) is 0. The van der Waals surface area contributed by atoms with E-state index in [2.05, 4.69) is 28.8 Å². The van der Waals surface area contributed by atoms with Crippen LogP contribution < -0.4 is 10.6 Å². The van der Waals surface area contributed by atoms with Gasteiger partial charge in [0.25, 0.3) is 5.91 Å². The van der Waals surface area contributed by atoms with E-state index < -0.39 is 17.5 Å². The highest BCUT2D eigenvalue weighted by Crippen LogP contribution is 2.31. The molecule has 0 spiro atoms. The third-order valence-electron chi connectivity index (χ3n) is 6.51. The van der Waals surface area contributed by atoms with Gasteiger partial charge in [0.2, 0.25) is 5.91 Å². The molecule has 2 aliphatic rings. The van der Waals surface area contributed by atoms with E-state index in [1.807, 2.05) is 38.1 Å². The molecular weight excluding hydrogens is 390 g/mol. The van der Waals surface area contributed by atoms with Gasteiger partial charge in [-0.25, -0.2) is 4.79 Å². The smallest absolute Gasteiger partial charge is 0.325 e. The lowest BCUT2D eigenvalue weighted by Gasteiger charge is -2.24. The number of urea groups is 1. The number of carbonyl (C=O) groups excluding carboxylic acids is 3. The third kappa shape index (κ3) is 3.94. The van der Waals surface area contributed by atoms with Crippen LogP contribution in [0.25, 0.3) is 0 Å². The summed E-state index contributed by atoms with van der Waals surface area (Å²) in [6.07, 6.45) is 4.61. The predicted octanol–water partition coefficient (Wildman–Crippen LogP) is 3.52. The molecule has 2 N–H and O–H groups in total. The van der Waals surface area contributed by atoms with E-state index in [1.165, 1.54) is 24.0 Å². The summed E-state index contributed by atoms with van der Waals surface area (Å²) in [5, 5.41) is 5.71. The number of benzene rings is 2. The molecular formula is C25H29N3O3. The van der Waals surface area contributed by atoms with E-state index >= 15 is 0 Å². The maximum atomic E-state index is 13.1. The van der Waals surface area contributed by atoms with Gasteiger partial charge in [-0.1, -0.05) is 42.5 Å². The number of aryl methyl sites for hydroxylation is 3. The number of amides is 4. The Balaban J connectivity index is 1.44. The van der Waals surface area contributed by atoms with E-state index in [-0.39, 0.29) is 18.5 Å². The third-order valence-corrected chi connectivity index (χ3v) is 6.51. The Morgan fingerprint density at radius 3 is 2.58 bits per heavy atom. The zero-order valence-corrected chi connectivity index (χ0v) is 18.3. The normalized spacial score (nSPS) is 21.5. The van der Waals surface area contributed by atoms with Crippen LogP contribution in [0.5, 0.6) is 0 Å². The van der Waals surface area contributed by atoms with Gasteiger partial charge in [-0.3, -0.25) is 14.5 Å². The maximum absolute atomic E-state index is 13.1. The number of rotatable bonds is 5. The van der Waals surface area contributed by atoms with Crippen molar-refractivity contribution >= 4 is 17.8 Å². The van der Waals surface area contributed by atoms with Crippen molar-refractivity contribution in [1.29, 1.82) is 0 Å². The highest BCUT2D eigenvalue weighted by atomic mass is 16.2. The molecule has 2 aromatic rings. The Bertz CT molecular complexity index is 1050. The minimum Gasteiger partial charge on any atom is -0.348 e. The van der Waals surface area contributed by atoms with Crippen molar-refractivity contribution in [3.8, 4) is 0 Å². The molecule has 0 saturated carbocycles. The molecule has 4 rings (SSSR count). The summed E-state index contributed by atoms with van der Waals surface area (Å²) in [4.78, 5) is 39.3. The zero-order valence-electron chi connectivity index (χ0n) is 18.3. The SMILES string of the molecule is Cc1ccccc1C1(C)NC(=O)N(CC(=O)NC(C)c2ccc3c(c2)CCCC3)C1=O. The van der Waals surface area contributed by atoms with Crippen molar-refractivity contribution in [2.45, 2.75) is 58.0 Å². The quantitative estimate of drug-likeness (QED) is 0.728. The van der Waals surface area contributed by atoms with Crippen LogP contribution in [0, 0.1) is 6.92 Å². The lowest BCUT2D eigenvalue weighted by Crippen LogP contribution is -2.44. The van der Waals surface area contributed by atoms with Gasteiger partial charge in [0.1, 0.15) is 12.1 Å². The molecule has 1 heterocycles. The number of carbonyl (C=O) groups is 3. The number of hydrogen-bond donors (Lipinski definition) is 2. The molecule has 0 bridgehead atoms. The average Bonchev–Trinajstić information content (AvgIpc) is 2.97. The van der Waals surface area contributed by atoms with E-state index in [4.69, 9.17) is 0 Å². The van der Waals surface area contributed by atoms with Crippen molar-refractivity contribution in [3.05, 3.63) is 70.3 Å². The Labute approximate surface area is 183 Å². The van der Waals surface area contributed by atoms with Crippen molar-refractivity contribution in [2.24, 2.45) is 0 Å². The molecule has 2 atom stereocenters. The van der Waals surface area contributed by atoms with Crippen molar-refractivity contribution in [3.63, 3.8) is 0 Å². The molecule has 1 aliphatic heterocycles. The monoisotopic (exact) mass is 419 g/mol. The summed E-state index contributed by atoms with van der Waals surface area (Å²) in [5.74, 6) is -0.772. The fourth-order valence-electron chi connectivity index (χ4n) is 4.69. The van der Waals surface area contributed by atoms with Gasteiger partial charge in [0, 0.05) is 0 Å². The molecule has 4 amide bonds. The minimum absolute atomic E-state index is 0.205. The second kappa shape index (κ2) is 8.17. The summed E-state index contributed by atoms with van der Waals surface area (Å²) in [6, 6.07) is 13.1. The molecule has 0 aromatic heterocycles. The molecule has 1 aliphatic carbocycles. The fourth-order valence-corrected chi connectivity index (χ4v) is 4.69. The number of hydrogen-bond acceptors (Lipinski definition) is 3. The van der Waals surface area contributed by atoms with Gasteiger partial charge >= 0.3 is 6.03 Å². The van der Waals surface area contributed by atoms with Gasteiger partial charge in [-0.05, 0) is 74.3 Å². The first-order chi connectivity index (χ1) is 14.8. The highest BCUT2D eigenvalue weighted by molar-refractivity contribution is 6.09. The number of nitrogens with one attached hydrogen (secondary N) is 2. The van der Waals surface area contributed by atoms with Crippen LogP contribution in [0.15, 0.2) is 42.5 Å². The van der Waals surface area contributed by atoms with Crippen LogP contribution in [0.2, 0.25) is 0 Å². The molecule has 2 unspecified atom stereocenters. The second-order valence-corrected chi connectivity index (χ2v) is 8.79. The van der Waals surface area contributed by atoms with Gasteiger partial charge in [-0.2, -0.15) is 0 Å². The molecule has 31 heavy (non-hydrogen) atoms. The summed E-state index contributed by atoms with van der Waals surface area (Å²) in [6.45, 7) is 5.20. The van der Waals surface area contributed by atoms with Crippen LogP contribution in [0.3, 0.4) is 0 Å². The number of imide groups is 1. The van der Waals surface area contributed by atoms with E-state index in [1.54, 1.807) is 6.92 Å². The lowest BCUT2D eigenvalue weighted by molar-refractivity contribution is -0.135. The Morgan fingerprint density at radius 1 is 1.13 bits per heavy atom. The van der Waals surface area contributed by atoms with Crippen LogP contribution in [0.4, 0.5) is 4.79 Å². The lowest BCUT2D eigenvalue weighted by atomic mass is 9.88. The fraction of sp³-hybridized carbons (Fsp3) is 0.400. The maximum Gasteiger partial charge on any atom is 0.325 e. The number of nitrogens with zero attached hydrogens (tertiary/aromatic N) is 1. The topological polar surface area (TPSA) is 78.5 Å². The van der Waals surface area contributed by atoms with Gasteiger partial charge in [-0.15, -0.1) is 0 Å². The van der Waals surface area contributed by atoms with E-state index in [0.717, 1.165) is 34.4 Å². The molecule has 2 aromatic carbocycles. The van der Waals surface area contributed by atoms with E-state index in [9.17, 15) is 14.4 Å². The van der Waals surface area contributed by atoms with Crippen molar-refractivity contribution < 1.29 is 14.4 Å². The van der Waals surface area contributed by atoms with Crippen LogP contribution in [-0.4, -0.2) is 29.3 Å². The van der Waals surface area contributed by atoms with Gasteiger partial charge < -0.3 is 10.6 Å². The molecule has 0 radical (unpaired) electrons. The van der Waals surface area contributed by atoms with Crippen LogP contribution in [0.1, 0.15) is 60.5 Å². The highest BCUT2D eigenvalue weighted by Gasteiger charge is 2.50. The van der Waals surface area contributed by atoms with Crippen molar-refractivity contribution in [2.75, 3.05) is 6.54 Å². The number of fused-ring (bicyclic) bond motifs is 1. The first-order valence-electron chi connectivity index (χ1n) is 10.9. The van der Waals surface area contributed by atoms with E-state index in [0.29, 0.717) is 0 Å². The average molecular weight is 420 g/mol. The largest absolute Gasteiger partial charge is 0.348 e. The molecule has 162 valence electrons. The Kier molecular flexibility index (Phi) is 5.56. The Hall–Kier alpha value is -3.15.